The number of methoxy groups -OCH3 is 1. The van der Waals surface area contributed by atoms with E-state index in [4.69, 9.17) is 9.47 Å². The number of hydrogen-bond donors (Lipinski definition) is 3. The van der Waals surface area contributed by atoms with Crippen LogP contribution in [-0.2, 0) is 9.47 Å². The number of ether oxygens (including phenoxy) is 2. The predicted octanol–water partition coefficient (Wildman–Crippen LogP) is 2.54. The molecule has 3 N–H and O–H groups in total. The van der Waals surface area contributed by atoms with Gasteiger partial charge in [0.2, 0.25) is 0 Å². The molecule has 0 atom stereocenters. The van der Waals surface area contributed by atoms with E-state index in [1.54, 1.807) is 0 Å². The van der Waals surface area contributed by atoms with E-state index in [1.165, 1.54) is 51.4 Å². The molecule has 29 heavy (non-hydrogen) atoms. The Kier molecular flexibility index (Phi) is 10.2. The summed E-state index contributed by atoms with van der Waals surface area (Å²) >= 11 is 0. The van der Waals surface area contributed by atoms with Gasteiger partial charge in [-0.1, -0.05) is 13.8 Å². The molecular weight excluding hydrogens is 364 g/mol. The average Bonchev–Trinajstić information content (AvgIpc) is 2.78. The highest BCUT2D eigenvalue weighted by atomic mass is 16.5. The van der Waals surface area contributed by atoms with E-state index >= 15 is 0 Å². The average molecular weight is 411 g/mol. The van der Waals surface area contributed by atoms with Crippen LogP contribution in [0.3, 0.4) is 0 Å². The lowest BCUT2D eigenvalue weighted by Crippen LogP contribution is -2.63. The highest BCUT2D eigenvalue weighted by molar-refractivity contribution is 4.87. The second-order valence-electron chi connectivity index (χ2n) is 9.32. The number of nitrogens with zero attached hydrogens (tertiary/aromatic N) is 1. The first kappa shape index (κ1) is 23.4. The molecule has 2 aliphatic carbocycles. The molecule has 2 saturated carbocycles. The monoisotopic (exact) mass is 410 g/mol. The Hall–Kier alpha value is -0.240. The van der Waals surface area contributed by atoms with Crippen molar-refractivity contribution in [3.63, 3.8) is 0 Å². The largest absolute Gasteiger partial charge is 0.381 e. The maximum absolute atomic E-state index is 6.14. The molecule has 6 heteroatoms. The van der Waals surface area contributed by atoms with Gasteiger partial charge in [-0.05, 0) is 76.3 Å². The first-order valence-electron chi connectivity index (χ1n) is 12.3. The molecule has 0 unspecified atom stereocenters. The van der Waals surface area contributed by atoms with Crippen molar-refractivity contribution in [3.05, 3.63) is 0 Å². The molecule has 170 valence electrons. The van der Waals surface area contributed by atoms with Gasteiger partial charge in [0.05, 0.1) is 18.8 Å². The zero-order chi connectivity index (χ0) is 20.5. The molecule has 1 aliphatic heterocycles. The first-order valence-corrected chi connectivity index (χ1v) is 12.3. The Balaban J connectivity index is 1.26. The topological polar surface area (TPSA) is 57.8 Å². The van der Waals surface area contributed by atoms with Gasteiger partial charge in [0, 0.05) is 32.8 Å². The SMILES string of the molecule is CCN(CC)CCOC1CCC(NC2NCC(C3CCC(OC)CC3)CN2)CC1. The molecule has 0 spiro atoms. The lowest BCUT2D eigenvalue weighted by atomic mass is 9.78. The summed E-state index contributed by atoms with van der Waals surface area (Å²) in [6.45, 7) is 10.9. The fourth-order valence-corrected chi connectivity index (χ4v) is 5.45. The van der Waals surface area contributed by atoms with Crippen molar-refractivity contribution in [2.24, 2.45) is 11.8 Å². The van der Waals surface area contributed by atoms with Gasteiger partial charge < -0.3 is 14.4 Å². The molecule has 0 amide bonds. The Labute approximate surface area is 178 Å². The van der Waals surface area contributed by atoms with E-state index in [-0.39, 0.29) is 6.29 Å². The van der Waals surface area contributed by atoms with Crippen molar-refractivity contribution in [2.45, 2.75) is 89.8 Å². The summed E-state index contributed by atoms with van der Waals surface area (Å²) in [4.78, 5) is 2.43. The van der Waals surface area contributed by atoms with Crippen LogP contribution in [0.15, 0.2) is 0 Å². The van der Waals surface area contributed by atoms with E-state index in [0.717, 1.165) is 51.2 Å². The summed E-state index contributed by atoms with van der Waals surface area (Å²) < 4.78 is 11.7. The molecule has 1 heterocycles. The normalized spacial score (nSPS) is 36.4. The molecule has 3 rings (SSSR count). The molecule has 1 saturated heterocycles. The van der Waals surface area contributed by atoms with E-state index in [0.29, 0.717) is 18.2 Å². The quantitative estimate of drug-likeness (QED) is 0.515. The fourth-order valence-electron chi connectivity index (χ4n) is 5.45. The summed E-state index contributed by atoms with van der Waals surface area (Å²) in [6, 6.07) is 0.608. The third-order valence-corrected chi connectivity index (χ3v) is 7.62. The summed E-state index contributed by atoms with van der Waals surface area (Å²) in [5.74, 6) is 1.62. The second-order valence-corrected chi connectivity index (χ2v) is 9.32. The summed E-state index contributed by atoms with van der Waals surface area (Å²) in [6.07, 6.45) is 11.2. The zero-order valence-corrected chi connectivity index (χ0v) is 19.1. The Bertz CT molecular complexity index is 425. The third kappa shape index (κ3) is 7.44. The van der Waals surface area contributed by atoms with Crippen molar-refractivity contribution in [2.75, 3.05) is 46.4 Å². The fraction of sp³-hybridized carbons (Fsp3) is 1.00. The first-order chi connectivity index (χ1) is 14.2. The Morgan fingerprint density at radius 3 is 2.03 bits per heavy atom. The van der Waals surface area contributed by atoms with Gasteiger partial charge >= 0.3 is 0 Å². The number of rotatable bonds is 10. The molecule has 0 aromatic heterocycles. The minimum Gasteiger partial charge on any atom is -0.381 e. The van der Waals surface area contributed by atoms with Gasteiger partial charge in [0.15, 0.2) is 0 Å². The van der Waals surface area contributed by atoms with Crippen LogP contribution in [-0.4, -0.2) is 75.9 Å². The molecule has 0 aromatic rings. The van der Waals surface area contributed by atoms with E-state index < -0.39 is 0 Å². The Morgan fingerprint density at radius 1 is 0.828 bits per heavy atom. The maximum atomic E-state index is 6.14. The summed E-state index contributed by atoms with van der Waals surface area (Å²) in [5.41, 5.74) is 0. The minimum absolute atomic E-state index is 0.270. The zero-order valence-electron chi connectivity index (χ0n) is 19.1. The van der Waals surface area contributed by atoms with Gasteiger partial charge in [-0.25, -0.2) is 0 Å². The van der Waals surface area contributed by atoms with Crippen LogP contribution in [0.4, 0.5) is 0 Å². The van der Waals surface area contributed by atoms with Crippen molar-refractivity contribution in [1.82, 2.24) is 20.9 Å². The van der Waals surface area contributed by atoms with Crippen LogP contribution in [0.1, 0.15) is 65.2 Å². The second kappa shape index (κ2) is 12.6. The van der Waals surface area contributed by atoms with Gasteiger partial charge in [0.1, 0.15) is 6.29 Å². The molecule has 6 nitrogen and oxygen atoms in total. The van der Waals surface area contributed by atoms with Crippen LogP contribution in [0.2, 0.25) is 0 Å². The lowest BCUT2D eigenvalue weighted by Gasteiger charge is -2.40. The van der Waals surface area contributed by atoms with Gasteiger partial charge in [0.25, 0.3) is 0 Å². The van der Waals surface area contributed by atoms with E-state index in [9.17, 15) is 0 Å². The molecule has 0 radical (unpaired) electrons. The number of likely N-dealkylation sites (N-methyl/N-ethyl adjacent to an activating group) is 1. The minimum atomic E-state index is 0.270. The van der Waals surface area contributed by atoms with Crippen molar-refractivity contribution in [3.8, 4) is 0 Å². The maximum Gasteiger partial charge on any atom is 0.112 e. The van der Waals surface area contributed by atoms with Gasteiger partial charge in [-0.2, -0.15) is 0 Å². The van der Waals surface area contributed by atoms with Crippen molar-refractivity contribution >= 4 is 0 Å². The predicted molar refractivity (Wildman–Crippen MR) is 119 cm³/mol. The number of nitrogens with one attached hydrogen (secondary N) is 3. The number of hydrogen-bond acceptors (Lipinski definition) is 6. The van der Waals surface area contributed by atoms with Crippen LogP contribution < -0.4 is 16.0 Å². The molecular formula is C23H46N4O2. The van der Waals surface area contributed by atoms with Crippen LogP contribution >= 0.6 is 0 Å². The van der Waals surface area contributed by atoms with Crippen LogP contribution in [0.5, 0.6) is 0 Å². The summed E-state index contributed by atoms with van der Waals surface area (Å²) in [5, 5.41) is 11.2. The van der Waals surface area contributed by atoms with Gasteiger partial charge in [-0.15, -0.1) is 0 Å². The lowest BCUT2D eigenvalue weighted by molar-refractivity contribution is 0.00970. The molecule has 0 aromatic carbocycles. The van der Waals surface area contributed by atoms with Crippen LogP contribution in [0.25, 0.3) is 0 Å². The standard InChI is InChI=1S/C23H46N4O2/c1-4-27(5-2)14-15-29-22-12-8-20(9-13-22)26-23-24-16-19(17-25-23)18-6-10-21(28-3)11-7-18/h18-26H,4-17H2,1-3H3. The smallest absolute Gasteiger partial charge is 0.112 e. The van der Waals surface area contributed by atoms with E-state index in [2.05, 4.69) is 34.7 Å². The van der Waals surface area contributed by atoms with Crippen molar-refractivity contribution in [1.29, 1.82) is 0 Å². The van der Waals surface area contributed by atoms with Gasteiger partial charge in [-0.3, -0.25) is 16.0 Å². The molecule has 3 fully saturated rings. The highest BCUT2D eigenvalue weighted by Crippen LogP contribution is 2.31. The highest BCUT2D eigenvalue weighted by Gasteiger charge is 2.31. The van der Waals surface area contributed by atoms with Crippen molar-refractivity contribution < 1.29 is 9.47 Å². The van der Waals surface area contributed by atoms with E-state index in [1.807, 2.05) is 7.11 Å². The summed E-state index contributed by atoms with van der Waals surface area (Å²) in [7, 11) is 1.86. The third-order valence-electron chi connectivity index (χ3n) is 7.62. The molecule has 3 aliphatic rings. The van der Waals surface area contributed by atoms with Crippen LogP contribution in [0, 0.1) is 11.8 Å². The Morgan fingerprint density at radius 2 is 1.45 bits per heavy atom. The molecule has 0 bridgehead atoms.